The van der Waals surface area contributed by atoms with E-state index in [-0.39, 0.29) is 5.69 Å². The van der Waals surface area contributed by atoms with Crippen LogP contribution in [0, 0.1) is 0 Å². The van der Waals surface area contributed by atoms with E-state index in [2.05, 4.69) is 10.2 Å². The van der Waals surface area contributed by atoms with E-state index in [1.54, 1.807) is 51.4 Å². The molecule has 1 heterocycles. The molecule has 1 aromatic heterocycles. The van der Waals surface area contributed by atoms with Gasteiger partial charge in [0.2, 0.25) is 0 Å². The van der Waals surface area contributed by atoms with Crippen molar-refractivity contribution in [2.24, 2.45) is 0 Å². The normalized spacial score (nSPS) is 12.9. The molecule has 0 amide bonds. The lowest BCUT2D eigenvalue weighted by molar-refractivity contribution is 0.00637. The quantitative estimate of drug-likeness (QED) is 0.507. The Labute approximate surface area is 138 Å². The van der Waals surface area contributed by atoms with Gasteiger partial charge in [0.05, 0.1) is 6.26 Å². The minimum absolute atomic E-state index is 0.202. The van der Waals surface area contributed by atoms with Gasteiger partial charge >= 0.3 is 5.97 Å². The van der Waals surface area contributed by atoms with Crippen LogP contribution in [-0.4, -0.2) is 32.6 Å². The number of H-pyrrole nitrogens is 1. The van der Waals surface area contributed by atoms with E-state index in [1.165, 1.54) is 0 Å². The zero-order valence-corrected chi connectivity index (χ0v) is 14.5. The fourth-order valence-electron chi connectivity index (χ4n) is 2.19. The molecule has 2 aromatic rings. The van der Waals surface area contributed by atoms with Crippen LogP contribution in [0.15, 0.2) is 24.4 Å². The Bertz CT molecular complexity index is 705. The Hall–Kier alpha value is -1.99. The summed E-state index contributed by atoms with van der Waals surface area (Å²) in [5.74, 6) is -0.159. The van der Waals surface area contributed by atoms with Gasteiger partial charge in [0.1, 0.15) is 11.4 Å². The average molecular weight is 335 g/mol. The first-order chi connectivity index (χ1) is 10.7. The van der Waals surface area contributed by atoms with Gasteiger partial charge in [0, 0.05) is 23.0 Å². The van der Waals surface area contributed by atoms with Crippen molar-refractivity contribution >= 4 is 22.8 Å². The number of nitrogens with two attached hydrogens (primary N) is 1. The molecule has 0 aliphatic heterocycles. The van der Waals surface area contributed by atoms with Gasteiger partial charge in [-0.2, -0.15) is 5.10 Å². The van der Waals surface area contributed by atoms with E-state index in [4.69, 9.17) is 10.5 Å². The number of aromatic nitrogens is 2. The number of benzene rings is 1. The maximum absolute atomic E-state index is 12.3. The number of hydrogen-bond acceptors (Lipinski definition) is 5. The van der Waals surface area contributed by atoms with Gasteiger partial charge in [-0.25, -0.2) is 4.79 Å². The minimum Gasteiger partial charge on any atom is -0.616 e. The first-order valence-corrected chi connectivity index (χ1v) is 8.86. The van der Waals surface area contributed by atoms with Crippen molar-refractivity contribution < 1.29 is 14.1 Å². The fourth-order valence-corrected chi connectivity index (χ4v) is 2.87. The van der Waals surface area contributed by atoms with Crippen LogP contribution in [-0.2, 0) is 21.7 Å². The molecular formula is C16H21N3O3S. The lowest BCUT2D eigenvalue weighted by Crippen LogP contribution is -2.24. The van der Waals surface area contributed by atoms with E-state index in [0.29, 0.717) is 17.0 Å². The molecular weight excluding hydrogens is 314 g/mol. The van der Waals surface area contributed by atoms with Gasteiger partial charge in [0.25, 0.3) is 0 Å². The molecule has 0 bridgehead atoms. The molecule has 0 aliphatic carbocycles. The third kappa shape index (κ3) is 4.49. The largest absolute Gasteiger partial charge is 0.616 e. The molecule has 7 heteroatoms. The maximum Gasteiger partial charge on any atom is 0.360 e. The summed E-state index contributed by atoms with van der Waals surface area (Å²) in [6, 6.07) is 5.31. The van der Waals surface area contributed by atoms with Crippen molar-refractivity contribution in [3.8, 4) is 11.1 Å². The summed E-state index contributed by atoms with van der Waals surface area (Å²) in [6.07, 6.45) is 3.25. The second kappa shape index (κ2) is 6.64. The summed E-state index contributed by atoms with van der Waals surface area (Å²) in [6.45, 7) is 5.39. The first-order valence-electron chi connectivity index (χ1n) is 7.13. The van der Waals surface area contributed by atoms with Gasteiger partial charge in [-0.3, -0.25) is 5.10 Å². The number of carbonyl (C=O) groups excluding carboxylic acids is 1. The van der Waals surface area contributed by atoms with Crippen molar-refractivity contribution in [3.05, 3.63) is 35.7 Å². The van der Waals surface area contributed by atoms with Crippen molar-refractivity contribution in [1.82, 2.24) is 10.2 Å². The molecule has 1 aromatic carbocycles. The van der Waals surface area contributed by atoms with Crippen LogP contribution in [0.3, 0.4) is 0 Å². The van der Waals surface area contributed by atoms with Crippen LogP contribution in [0.5, 0.6) is 0 Å². The van der Waals surface area contributed by atoms with Crippen LogP contribution >= 0.6 is 0 Å². The topological polar surface area (TPSA) is 104 Å². The second-order valence-corrected chi connectivity index (χ2v) is 7.72. The summed E-state index contributed by atoms with van der Waals surface area (Å²) in [5, 5.41) is 6.71. The molecule has 0 saturated heterocycles. The smallest absolute Gasteiger partial charge is 0.360 e. The van der Waals surface area contributed by atoms with Gasteiger partial charge in [0.15, 0.2) is 5.69 Å². The molecule has 23 heavy (non-hydrogen) atoms. The summed E-state index contributed by atoms with van der Waals surface area (Å²) in [5.41, 5.74) is 8.18. The minimum atomic E-state index is -1.03. The standard InChI is InChI=1S/C16H21N3O3S/c1-16(2,3)22-15(20)14-13(8-18-19-14)12-6-5-11(17)7-10(12)9-23(4)21/h5-8H,9,17H2,1-4H3,(H,18,19). The fraction of sp³-hybridized carbons (Fsp3) is 0.375. The number of hydrogen-bond donors (Lipinski definition) is 2. The van der Waals surface area contributed by atoms with Crippen molar-refractivity contribution in [3.63, 3.8) is 0 Å². The average Bonchev–Trinajstić information content (AvgIpc) is 2.85. The number of carbonyl (C=O) groups is 1. The van der Waals surface area contributed by atoms with Crippen molar-refractivity contribution in [1.29, 1.82) is 0 Å². The van der Waals surface area contributed by atoms with E-state index < -0.39 is 22.7 Å². The third-order valence-electron chi connectivity index (χ3n) is 3.01. The summed E-state index contributed by atoms with van der Waals surface area (Å²) < 4.78 is 17.0. The molecule has 0 radical (unpaired) electrons. The Morgan fingerprint density at radius 2 is 2.09 bits per heavy atom. The monoisotopic (exact) mass is 335 g/mol. The van der Waals surface area contributed by atoms with Gasteiger partial charge in [-0.1, -0.05) is 17.2 Å². The Morgan fingerprint density at radius 1 is 1.39 bits per heavy atom. The molecule has 0 spiro atoms. The van der Waals surface area contributed by atoms with Crippen LogP contribution in [0.4, 0.5) is 5.69 Å². The highest BCUT2D eigenvalue weighted by Crippen LogP contribution is 2.30. The predicted molar refractivity (Wildman–Crippen MR) is 91.4 cm³/mol. The van der Waals surface area contributed by atoms with Crippen LogP contribution < -0.4 is 5.73 Å². The van der Waals surface area contributed by atoms with E-state index in [9.17, 15) is 9.35 Å². The number of nitrogen functional groups attached to an aromatic ring is 1. The van der Waals surface area contributed by atoms with E-state index >= 15 is 0 Å². The van der Waals surface area contributed by atoms with Crippen molar-refractivity contribution in [2.45, 2.75) is 32.1 Å². The van der Waals surface area contributed by atoms with Crippen LogP contribution in [0.1, 0.15) is 36.8 Å². The number of nitrogens with zero attached hydrogens (tertiary/aromatic N) is 1. The van der Waals surface area contributed by atoms with Crippen LogP contribution in [0.25, 0.3) is 11.1 Å². The highest BCUT2D eigenvalue weighted by molar-refractivity contribution is 7.89. The van der Waals surface area contributed by atoms with Crippen molar-refractivity contribution in [2.75, 3.05) is 12.0 Å². The number of rotatable bonds is 4. The van der Waals surface area contributed by atoms with Gasteiger partial charge < -0.3 is 15.0 Å². The van der Waals surface area contributed by atoms with Crippen LogP contribution in [0.2, 0.25) is 0 Å². The number of nitrogens with one attached hydrogen (secondary N) is 1. The molecule has 2 rings (SSSR count). The molecule has 0 aliphatic rings. The first kappa shape index (κ1) is 17.4. The number of anilines is 1. The van der Waals surface area contributed by atoms with Gasteiger partial charge in [-0.05, 0) is 38.5 Å². The molecule has 3 N–H and O–H groups in total. The maximum atomic E-state index is 12.3. The van der Waals surface area contributed by atoms with Gasteiger partial charge in [-0.15, -0.1) is 0 Å². The zero-order valence-electron chi connectivity index (χ0n) is 13.7. The van der Waals surface area contributed by atoms with E-state index in [0.717, 1.165) is 11.1 Å². The second-order valence-electron chi connectivity index (χ2n) is 6.28. The van der Waals surface area contributed by atoms with E-state index in [1.807, 2.05) is 0 Å². The molecule has 124 valence electrons. The Kier molecular flexibility index (Phi) is 5.01. The molecule has 0 saturated carbocycles. The highest BCUT2D eigenvalue weighted by atomic mass is 32.2. The molecule has 6 nitrogen and oxygen atoms in total. The summed E-state index contributed by atoms with van der Waals surface area (Å²) in [7, 11) is 0. The number of ether oxygens (including phenoxy) is 1. The zero-order chi connectivity index (χ0) is 17.2. The summed E-state index contributed by atoms with van der Waals surface area (Å²) in [4.78, 5) is 12.3. The third-order valence-corrected chi connectivity index (χ3v) is 3.73. The molecule has 1 unspecified atom stereocenters. The lowest BCUT2D eigenvalue weighted by atomic mass is 10.0. The molecule has 1 atom stereocenters. The Morgan fingerprint density at radius 3 is 2.70 bits per heavy atom. The summed E-state index contributed by atoms with van der Waals surface area (Å²) >= 11 is -1.03. The lowest BCUT2D eigenvalue weighted by Gasteiger charge is -2.19. The highest BCUT2D eigenvalue weighted by Gasteiger charge is 2.24. The SMILES string of the molecule is C[S+]([O-])Cc1cc(N)ccc1-c1c[nH]nc1C(=O)OC(C)(C)C. The predicted octanol–water partition coefficient (Wildman–Crippen LogP) is 2.49. The Balaban J connectivity index is 2.44. The number of aromatic amines is 1. The number of esters is 1. The molecule has 0 fully saturated rings.